The summed E-state index contributed by atoms with van der Waals surface area (Å²) < 4.78 is 10.0. The molecule has 0 fully saturated rings. The Morgan fingerprint density at radius 1 is 0.897 bits per heavy atom. The number of carbonyl (C=O) groups excluding carboxylic acids is 3. The lowest BCUT2D eigenvalue weighted by molar-refractivity contribution is -0.133. The predicted octanol–water partition coefficient (Wildman–Crippen LogP) is 2.35. The van der Waals surface area contributed by atoms with Crippen molar-refractivity contribution < 1.29 is 23.9 Å². The molecule has 0 heterocycles. The highest BCUT2D eigenvalue weighted by molar-refractivity contribution is 6.44. The van der Waals surface area contributed by atoms with E-state index >= 15 is 0 Å². The predicted molar refractivity (Wildman–Crippen MR) is 109 cm³/mol. The van der Waals surface area contributed by atoms with Crippen molar-refractivity contribution in [1.29, 1.82) is 0 Å². The average Bonchev–Trinajstić information content (AvgIpc) is 2.70. The molecular weight excluding hydrogens is 421 g/mol. The molecule has 154 valence electrons. The molecule has 2 rings (SSSR count). The first-order valence-corrected chi connectivity index (χ1v) is 9.17. The van der Waals surface area contributed by atoms with Crippen LogP contribution in [0.3, 0.4) is 0 Å². The summed E-state index contributed by atoms with van der Waals surface area (Å²) in [7, 11) is 1.55. The Kier molecular flexibility index (Phi) is 8.72. The van der Waals surface area contributed by atoms with Crippen molar-refractivity contribution in [2.45, 2.75) is 6.42 Å². The third-order valence-corrected chi connectivity index (χ3v) is 4.38. The highest BCUT2D eigenvalue weighted by Crippen LogP contribution is 2.29. The van der Waals surface area contributed by atoms with Gasteiger partial charge in [-0.1, -0.05) is 41.4 Å². The smallest absolute Gasteiger partial charge is 0.264 e. The van der Waals surface area contributed by atoms with Crippen molar-refractivity contribution in [3.8, 4) is 5.75 Å². The molecule has 0 saturated carbocycles. The second-order valence-electron chi connectivity index (χ2n) is 5.76. The molecular formula is C19H19Cl2N3O5. The summed E-state index contributed by atoms with van der Waals surface area (Å²) in [6.07, 6.45) is 0.0773. The summed E-state index contributed by atoms with van der Waals surface area (Å²) in [5.74, 6) is -0.842. The van der Waals surface area contributed by atoms with Gasteiger partial charge in [0.15, 0.2) is 0 Å². The number of halogens is 2. The van der Waals surface area contributed by atoms with Crippen molar-refractivity contribution >= 4 is 46.6 Å². The molecule has 29 heavy (non-hydrogen) atoms. The molecule has 0 saturated heterocycles. The molecule has 2 aromatic carbocycles. The van der Waals surface area contributed by atoms with Gasteiger partial charge in [-0.2, -0.15) is 0 Å². The zero-order valence-electron chi connectivity index (χ0n) is 15.5. The Morgan fingerprint density at radius 2 is 1.55 bits per heavy atom. The van der Waals surface area contributed by atoms with Crippen LogP contribution in [-0.2, 0) is 25.5 Å². The first kappa shape index (κ1) is 22.5. The van der Waals surface area contributed by atoms with Crippen molar-refractivity contribution in [3.05, 3.63) is 58.1 Å². The Hall–Kier alpha value is -2.81. The molecule has 8 nitrogen and oxygen atoms in total. The minimum atomic E-state index is -0.610. The van der Waals surface area contributed by atoms with Crippen LogP contribution >= 0.6 is 23.2 Å². The van der Waals surface area contributed by atoms with Gasteiger partial charge in [0.25, 0.3) is 5.91 Å². The molecule has 0 aliphatic rings. The molecule has 0 radical (unpaired) electrons. The first-order chi connectivity index (χ1) is 13.9. The minimum absolute atomic E-state index is 0.0773. The van der Waals surface area contributed by atoms with Crippen LogP contribution in [0, 0.1) is 0 Å². The molecule has 0 atom stereocenters. The van der Waals surface area contributed by atoms with Crippen LogP contribution in [0.2, 0.25) is 10.0 Å². The van der Waals surface area contributed by atoms with Crippen molar-refractivity contribution in [3.63, 3.8) is 0 Å². The van der Waals surface area contributed by atoms with Gasteiger partial charge in [-0.25, -0.2) is 0 Å². The Balaban J connectivity index is 1.65. The zero-order valence-corrected chi connectivity index (χ0v) is 17.0. The van der Waals surface area contributed by atoms with Gasteiger partial charge in [-0.15, -0.1) is 0 Å². The summed E-state index contributed by atoms with van der Waals surface area (Å²) in [6, 6.07) is 11.8. The van der Waals surface area contributed by atoms with Gasteiger partial charge < -0.3 is 14.8 Å². The molecule has 2 aromatic rings. The number of rotatable bonds is 8. The lowest BCUT2D eigenvalue weighted by Crippen LogP contribution is -2.44. The molecule has 0 unspecified atom stereocenters. The quantitative estimate of drug-likeness (QED) is 0.547. The molecule has 3 amide bonds. The molecule has 0 spiro atoms. The highest BCUT2D eigenvalue weighted by atomic mass is 35.5. The second-order valence-corrected chi connectivity index (χ2v) is 6.55. The molecule has 0 aliphatic carbocycles. The fourth-order valence-electron chi connectivity index (χ4n) is 2.17. The second kappa shape index (κ2) is 11.3. The number of methoxy groups -OCH3 is 1. The van der Waals surface area contributed by atoms with Crippen molar-refractivity contribution in [1.82, 2.24) is 10.9 Å². The van der Waals surface area contributed by atoms with Crippen molar-refractivity contribution in [2.24, 2.45) is 0 Å². The maximum absolute atomic E-state index is 11.8. The largest absolute Gasteiger partial charge is 0.497 e. The Morgan fingerprint density at radius 3 is 2.24 bits per heavy atom. The van der Waals surface area contributed by atoms with Crippen LogP contribution in [-0.4, -0.2) is 38.0 Å². The molecule has 10 heteroatoms. The van der Waals surface area contributed by atoms with Gasteiger partial charge in [-0.3, -0.25) is 25.2 Å². The molecule has 3 N–H and O–H groups in total. The van der Waals surface area contributed by atoms with Crippen molar-refractivity contribution in [2.75, 3.05) is 25.6 Å². The van der Waals surface area contributed by atoms with Crippen LogP contribution in [0.15, 0.2) is 42.5 Å². The van der Waals surface area contributed by atoms with E-state index in [1.165, 1.54) is 0 Å². The number of benzene rings is 2. The third-order valence-electron chi connectivity index (χ3n) is 3.56. The van der Waals surface area contributed by atoms with E-state index in [0.29, 0.717) is 16.5 Å². The van der Waals surface area contributed by atoms with Gasteiger partial charge in [-0.05, 0) is 29.8 Å². The van der Waals surface area contributed by atoms with Crippen LogP contribution in [0.4, 0.5) is 5.69 Å². The fraction of sp³-hybridized carbons (Fsp3) is 0.211. The van der Waals surface area contributed by atoms with Gasteiger partial charge in [0.2, 0.25) is 11.8 Å². The van der Waals surface area contributed by atoms with E-state index in [4.69, 9.17) is 32.7 Å². The number of anilines is 1. The van der Waals surface area contributed by atoms with E-state index in [0.717, 1.165) is 5.56 Å². The molecule has 0 aliphatic heterocycles. The number of amides is 3. The number of ether oxygens (including phenoxy) is 2. The van der Waals surface area contributed by atoms with Gasteiger partial charge in [0.05, 0.1) is 29.3 Å². The summed E-state index contributed by atoms with van der Waals surface area (Å²) in [5.41, 5.74) is 5.57. The van der Waals surface area contributed by atoms with Crippen LogP contribution in [0.5, 0.6) is 5.75 Å². The van der Waals surface area contributed by atoms with Crippen LogP contribution < -0.4 is 20.9 Å². The maximum Gasteiger partial charge on any atom is 0.264 e. The number of nitrogens with one attached hydrogen (secondary N) is 3. The molecule has 0 bridgehead atoms. The summed E-state index contributed by atoms with van der Waals surface area (Å²) >= 11 is 11.8. The zero-order chi connectivity index (χ0) is 21.2. The summed E-state index contributed by atoms with van der Waals surface area (Å²) in [5, 5.41) is 3.03. The lowest BCUT2D eigenvalue weighted by Gasteiger charge is -2.10. The number of hydrogen-bond acceptors (Lipinski definition) is 5. The Bertz CT molecular complexity index is 875. The van der Waals surface area contributed by atoms with E-state index in [1.54, 1.807) is 49.6 Å². The van der Waals surface area contributed by atoms with E-state index in [9.17, 15) is 14.4 Å². The maximum atomic E-state index is 11.8. The summed E-state index contributed by atoms with van der Waals surface area (Å²) in [4.78, 5) is 35.3. The number of carbonyl (C=O) groups is 3. The lowest BCUT2D eigenvalue weighted by atomic mass is 10.1. The van der Waals surface area contributed by atoms with Gasteiger partial charge in [0.1, 0.15) is 19.0 Å². The Labute approximate surface area is 177 Å². The summed E-state index contributed by atoms with van der Waals surface area (Å²) in [6.45, 7) is -0.796. The highest BCUT2D eigenvalue weighted by Gasteiger charge is 2.10. The van der Waals surface area contributed by atoms with Gasteiger partial charge in [0, 0.05) is 0 Å². The first-order valence-electron chi connectivity index (χ1n) is 8.41. The number of hydrogen-bond donors (Lipinski definition) is 3. The van der Waals surface area contributed by atoms with Crippen LogP contribution in [0.25, 0.3) is 0 Å². The normalized spacial score (nSPS) is 10.2. The van der Waals surface area contributed by atoms with Crippen LogP contribution in [0.1, 0.15) is 5.56 Å². The number of hydrazine groups is 1. The topological polar surface area (TPSA) is 106 Å². The third kappa shape index (κ3) is 7.61. The average molecular weight is 440 g/mol. The fourth-order valence-corrected chi connectivity index (χ4v) is 2.52. The SMILES string of the molecule is COc1ccc(CC(=O)NNC(=O)COCC(=O)Nc2cccc(Cl)c2Cl)cc1. The van der Waals surface area contributed by atoms with Gasteiger partial charge >= 0.3 is 0 Å². The minimum Gasteiger partial charge on any atom is -0.497 e. The monoisotopic (exact) mass is 439 g/mol. The van der Waals surface area contributed by atoms with E-state index < -0.39 is 24.3 Å². The van der Waals surface area contributed by atoms with E-state index in [-0.39, 0.29) is 18.1 Å². The van der Waals surface area contributed by atoms with E-state index in [1.807, 2.05) is 0 Å². The van der Waals surface area contributed by atoms with E-state index in [2.05, 4.69) is 16.2 Å². The standard InChI is InChI=1S/C19H19Cl2N3O5/c1-28-13-7-5-12(6-8-13)9-16(25)23-24-18(27)11-29-10-17(26)22-15-4-2-3-14(20)19(15)21/h2-8H,9-11H2,1H3,(H,22,26)(H,23,25)(H,24,27). The molecule has 0 aromatic heterocycles.